The van der Waals surface area contributed by atoms with E-state index >= 15 is 0 Å². The molecule has 1 aromatic carbocycles. The van der Waals surface area contributed by atoms with Crippen LogP contribution in [0.1, 0.15) is 36.8 Å². The average Bonchev–Trinajstić information content (AvgIpc) is 3.14. The van der Waals surface area contributed by atoms with E-state index in [4.69, 9.17) is 4.74 Å². The van der Waals surface area contributed by atoms with Gasteiger partial charge < -0.3 is 15.4 Å². The van der Waals surface area contributed by atoms with Crippen molar-refractivity contribution >= 4 is 17.5 Å². The predicted molar refractivity (Wildman–Crippen MR) is 88.2 cm³/mol. The first-order valence-electron chi connectivity index (χ1n) is 8.29. The van der Waals surface area contributed by atoms with Crippen LogP contribution in [0.15, 0.2) is 18.2 Å². The number of benzene rings is 1. The van der Waals surface area contributed by atoms with Gasteiger partial charge in [0.15, 0.2) is 0 Å². The first-order valence-corrected chi connectivity index (χ1v) is 8.29. The number of nitrogens with one attached hydrogen (secondary N) is 2. The third-order valence-electron chi connectivity index (χ3n) is 4.61. The van der Waals surface area contributed by atoms with Gasteiger partial charge in [-0.05, 0) is 62.8 Å². The summed E-state index contributed by atoms with van der Waals surface area (Å²) in [7, 11) is 0. The van der Waals surface area contributed by atoms with Gasteiger partial charge in [-0.2, -0.15) is 0 Å². The molecular weight excluding hydrogens is 292 g/mol. The third kappa shape index (κ3) is 3.55. The summed E-state index contributed by atoms with van der Waals surface area (Å²) < 4.78 is 5.50. The van der Waals surface area contributed by atoms with E-state index in [1.54, 1.807) is 0 Å². The van der Waals surface area contributed by atoms with Crippen LogP contribution in [0, 0.1) is 19.3 Å². The van der Waals surface area contributed by atoms with Crippen LogP contribution in [0.2, 0.25) is 0 Å². The van der Waals surface area contributed by atoms with Crippen molar-refractivity contribution in [2.45, 2.75) is 45.6 Å². The lowest BCUT2D eigenvalue weighted by molar-refractivity contribution is -0.134. The van der Waals surface area contributed by atoms with Crippen molar-refractivity contribution in [1.29, 1.82) is 0 Å². The van der Waals surface area contributed by atoms with E-state index in [9.17, 15) is 9.59 Å². The third-order valence-corrected chi connectivity index (χ3v) is 4.61. The highest BCUT2D eigenvalue weighted by Crippen LogP contribution is 2.46. The molecule has 1 saturated carbocycles. The molecule has 0 spiro atoms. The van der Waals surface area contributed by atoms with Gasteiger partial charge in [0, 0.05) is 18.8 Å². The minimum Gasteiger partial charge on any atom is -0.376 e. The van der Waals surface area contributed by atoms with E-state index in [2.05, 4.69) is 16.7 Å². The maximum absolute atomic E-state index is 12.6. The first-order chi connectivity index (χ1) is 11.0. The summed E-state index contributed by atoms with van der Waals surface area (Å²) in [6, 6.07) is 5.90. The van der Waals surface area contributed by atoms with Gasteiger partial charge in [-0.25, -0.2) is 0 Å². The van der Waals surface area contributed by atoms with Crippen LogP contribution in [-0.2, 0) is 14.3 Å². The highest BCUT2D eigenvalue weighted by molar-refractivity contribution is 6.13. The second kappa shape index (κ2) is 6.32. The van der Waals surface area contributed by atoms with E-state index < -0.39 is 5.41 Å². The Labute approximate surface area is 136 Å². The average molecular weight is 316 g/mol. The highest BCUT2D eigenvalue weighted by atomic mass is 16.5. The summed E-state index contributed by atoms with van der Waals surface area (Å²) in [5, 5.41) is 5.80. The van der Waals surface area contributed by atoms with Gasteiger partial charge in [0.1, 0.15) is 5.41 Å². The van der Waals surface area contributed by atoms with E-state index in [1.807, 2.05) is 26.0 Å². The van der Waals surface area contributed by atoms with Crippen LogP contribution >= 0.6 is 0 Å². The zero-order valence-electron chi connectivity index (χ0n) is 13.8. The molecular formula is C18H24N2O3. The molecule has 2 amide bonds. The van der Waals surface area contributed by atoms with Gasteiger partial charge in [0.05, 0.1) is 6.10 Å². The molecule has 1 aromatic rings. The fourth-order valence-corrected chi connectivity index (χ4v) is 3.16. The SMILES string of the molecule is Cc1cc(C)cc(NC(=O)C2(C(=O)NCC3CCCO3)CC2)c1. The molecule has 23 heavy (non-hydrogen) atoms. The molecule has 1 heterocycles. The molecule has 5 nitrogen and oxygen atoms in total. The highest BCUT2D eigenvalue weighted by Gasteiger charge is 2.56. The number of carbonyl (C=O) groups is 2. The second-order valence-corrected chi connectivity index (χ2v) is 6.76. The Morgan fingerprint density at radius 3 is 2.43 bits per heavy atom. The molecule has 0 aromatic heterocycles. The fraction of sp³-hybridized carbons (Fsp3) is 0.556. The molecule has 124 valence electrons. The molecule has 0 radical (unpaired) electrons. The summed E-state index contributed by atoms with van der Waals surface area (Å²) in [5.41, 5.74) is 2.04. The molecule has 2 N–H and O–H groups in total. The summed E-state index contributed by atoms with van der Waals surface area (Å²) in [6.45, 7) is 5.24. The summed E-state index contributed by atoms with van der Waals surface area (Å²) in [4.78, 5) is 25.0. The van der Waals surface area contributed by atoms with E-state index in [0.29, 0.717) is 19.4 Å². The zero-order valence-corrected chi connectivity index (χ0v) is 13.8. The van der Waals surface area contributed by atoms with E-state index in [-0.39, 0.29) is 17.9 Å². The first kappa shape index (κ1) is 16.0. The minimum absolute atomic E-state index is 0.0947. The van der Waals surface area contributed by atoms with Crippen LogP contribution in [0.3, 0.4) is 0 Å². The maximum Gasteiger partial charge on any atom is 0.240 e. The van der Waals surface area contributed by atoms with Crippen molar-refractivity contribution in [2.24, 2.45) is 5.41 Å². The second-order valence-electron chi connectivity index (χ2n) is 6.76. The Morgan fingerprint density at radius 2 is 1.87 bits per heavy atom. The summed E-state index contributed by atoms with van der Waals surface area (Å²) in [6.07, 6.45) is 3.33. The van der Waals surface area contributed by atoms with Gasteiger partial charge in [-0.1, -0.05) is 6.07 Å². The lowest BCUT2D eigenvalue weighted by Gasteiger charge is -2.17. The molecule has 1 aliphatic carbocycles. The van der Waals surface area contributed by atoms with Gasteiger partial charge in [-0.3, -0.25) is 9.59 Å². The topological polar surface area (TPSA) is 67.4 Å². The normalized spacial score (nSPS) is 21.7. The summed E-state index contributed by atoms with van der Waals surface area (Å²) >= 11 is 0. The molecule has 1 saturated heterocycles. The number of carbonyl (C=O) groups excluding carboxylic acids is 2. The van der Waals surface area contributed by atoms with Crippen LogP contribution in [-0.4, -0.2) is 31.1 Å². The number of aryl methyl sites for hydroxylation is 2. The smallest absolute Gasteiger partial charge is 0.240 e. The monoisotopic (exact) mass is 316 g/mol. The Bertz CT molecular complexity index is 596. The van der Waals surface area contributed by atoms with Crippen molar-refractivity contribution in [1.82, 2.24) is 5.32 Å². The van der Waals surface area contributed by atoms with Crippen molar-refractivity contribution in [2.75, 3.05) is 18.5 Å². The number of anilines is 1. The Kier molecular flexibility index (Phi) is 4.39. The Hall–Kier alpha value is -1.88. The number of hydrogen-bond acceptors (Lipinski definition) is 3. The maximum atomic E-state index is 12.6. The number of ether oxygens (including phenoxy) is 1. The van der Waals surface area contributed by atoms with Gasteiger partial charge in [-0.15, -0.1) is 0 Å². The molecule has 2 fully saturated rings. The predicted octanol–water partition coefficient (Wildman–Crippen LogP) is 2.32. The largest absolute Gasteiger partial charge is 0.376 e. The Balaban J connectivity index is 1.60. The van der Waals surface area contributed by atoms with Crippen LogP contribution in [0.25, 0.3) is 0 Å². The molecule has 0 bridgehead atoms. The van der Waals surface area contributed by atoms with Crippen molar-refractivity contribution in [3.05, 3.63) is 29.3 Å². The number of rotatable bonds is 5. The lowest BCUT2D eigenvalue weighted by atomic mass is 10.0. The minimum atomic E-state index is -0.893. The van der Waals surface area contributed by atoms with Crippen LogP contribution in [0.4, 0.5) is 5.69 Å². The van der Waals surface area contributed by atoms with Crippen molar-refractivity contribution < 1.29 is 14.3 Å². The molecule has 1 unspecified atom stereocenters. The van der Waals surface area contributed by atoms with Crippen LogP contribution < -0.4 is 10.6 Å². The molecule has 2 aliphatic rings. The van der Waals surface area contributed by atoms with E-state index in [1.165, 1.54) is 0 Å². The standard InChI is InChI=1S/C18H24N2O3/c1-12-8-13(2)10-14(9-12)20-17(22)18(5-6-18)16(21)19-11-15-4-3-7-23-15/h8-10,15H,3-7,11H2,1-2H3,(H,19,21)(H,20,22). The van der Waals surface area contributed by atoms with Crippen LogP contribution in [0.5, 0.6) is 0 Å². The quantitative estimate of drug-likeness (QED) is 0.819. The fourth-order valence-electron chi connectivity index (χ4n) is 3.16. The number of hydrogen-bond donors (Lipinski definition) is 2. The molecule has 3 rings (SSSR count). The van der Waals surface area contributed by atoms with Gasteiger partial charge >= 0.3 is 0 Å². The lowest BCUT2D eigenvalue weighted by Crippen LogP contribution is -2.42. The van der Waals surface area contributed by atoms with Crippen molar-refractivity contribution in [3.8, 4) is 0 Å². The molecule has 5 heteroatoms. The van der Waals surface area contributed by atoms with Gasteiger partial charge in [0.25, 0.3) is 0 Å². The molecule has 1 atom stereocenters. The zero-order chi connectivity index (χ0) is 16.4. The van der Waals surface area contributed by atoms with Gasteiger partial charge in [0.2, 0.25) is 11.8 Å². The number of amides is 2. The van der Waals surface area contributed by atoms with Crippen molar-refractivity contribution in [3.63, 3.8) is 0 Å². The molecule has 1 aliphatic heterocycles. The Morgan fingerprint density at radius 1 is 1.17 bits per heavy atom. The van der Waals surface area contributed by atoms with E-state index in [0.717, 1.165) is 36.3 Å². The summed E-state index contributed by atoms with van der Waals surface area (Å²) in [5.74, 6) is -0.373.